The van der Waals surface area contributed by atoms with Gasteiger partial charge in [0.1, 0.15) is 0 Å². The Morgan fingerprint density at radius 1 is 1.00 bits per heavy atom. The zero-order chi connectivity index (χ0) is 5.11. The van der Waals surface area contributed by atoms with Crippen LogP contribution in [-0.4, -0.2) is 0 Å². The molecule has 0 bridgehead atoms. The van der Waals surface area contributed by atoms with Crippen LogP contribution in [0.5, 0.6) is 0 Å². The van der Waals surface area contributed by atoms with E-state index in [-0.39, 0.29) is 21.1 Å². The third kappa shape index (κ3) is 2.18. The number of hydrogen-bond donors (Lipinski definition) is 0. The Balaban J connectivity index is 0.000000490. The second-order valence-corrected chi connectivity index (χ2v) is 1.49. The molecule has 1 aromatic rings. The van der Waals surface area contributed by atoms with Crippen molar-refractivity contribution in [2.24, 2.45) is 0 Å². The Labute approximate surface area is 64.2 Å². The van der Waals surface area contributed by atoms with Crippen molar-refractivity contribution in [3.8, 4) is 0 Å². The molecule has 0 aromatic heterocycles. The van der Waals surface area contributed by atoms with Crippen LogP contribution in [0.25, 0.3) is 0 Å². The van der Waals surface area contributed by atoms with E-state index in [1.54, 1.807) is 0 Å². The molecule has 0 N–H and O–H groups in total. The van der Waals surface area contributed by atoms with Gasteiger partial charge in [-0.15, -0.1) is 12.1 Å². The van der Waals surface area contributed by atoms with Crippen molar-refractivity contribution >= 4 is 0 Å². The van der Waals surface area contributed by atoms with E-state index in [0.717, 1.165) is 5.56 Å². The minimum absolute atomic E-state index is 0. The second kappa shape index (κ2) is 3.74. The first-order chi connectivity index (χ1) is 3.39. The number of hydrogen-bond acceptors (Lipinski definition) is 0. The molecule has 0 aliphatic heterocycles. The van der Waals surface area contributed by atoms with Gasteiger partial charge in [0.25, 0.3) is 0 Å². The fourth-order valence-electron chi connectivity index (χ4n) is 0.478. The van der Waals surface area contributed by atoms with Gasteiger partial charge in [0, 0.05) is 21.1 Å². The quantitative estimate of drug-likeness (QED) is 0.634. The summed E-state index contributed by atoms with van der Waals surface area (Å²) in [5.74, 6) is 0. The minimum atomic E-state index is 0. The normalized spacial score (nSPS) is 7.50. The first-order valence-corrected chi connectivity index (χ1v) is 2.26. The summed E-state index contributed by atoms with van der Waals surface area (Å²) in [5.41, 5.74) is 1.07. The van der Waals surface area contributed by atoms with E-state index in [1.165, 1.54) is 0 Å². The Hall–Kier alpha value is -0.222. The Morgan fingerprint density at radius 2 is 1.50 bits per heavy atom. The van der Waals surface area contributed by atoms with Crippen LogP contribution >= 0.6 is 0 Å². The SMILES string of the molecule is [CH2-]c1ccccc1.[W]. The molecular formula is C7H7W-. The van der Waals surface area contributed by atoms with Crippen molar-refractivity contribution in [1.82, 2.24) is 0 Å². The van der Waals surface area contributed by atoms with Gasteiger partial charge in [-0.05, 0) is 0 Å². The first-order valence-electron chi connectivity index (χ1n) is 2.26. The zero-order valence-corrected chi connectivity index (χ0v) is 7.44. The van der Waals surface area contributed by atoms with Gasteiger partial charge in [-0.3, -0.25) is 0 Å². The van der Waals surface area contributed by atoms with Gasteiger partial charge in [-0.25, -0.2) is 0 Å². The van der Waals surface area contributed by atoms with E-state index in [0.29, 0.717) is 0 Å². The van der Waals surface area contributed by atoms with Gasteiger partial charge < -0.3 is 0 Å². The molecule has 0 saturated heterocycles. The summed E-state index contributed by atoms with van der Waals surface area (Å²) in [7, 11) is 0. The van der Waals surface area contributed by atoms with Crippen LogP contribution in [0.15, 0.2) is 30.3 Å². The van der Waals surface area contributed by atoms with E-state index in [4.69, 9.17) is 0 Å². The van der Waals surface area contributed by atoms with Crippen LogP contribution in [0.3, 0.4) is 0 Å². The molecule has 42 valence electrons. The van der Waals surface area contributed by atoms with Gasteiger partial charge >= 0.3 is 0 Å². The fraction of sp³-hybridized carbons (Fsp3) is 0. The Bertz CT molecular complexity index is 134. The molecule has 0 atom stereocenters. The molecule has 1 rings (SSSR count). The fourth-order valence-corrected chi connectivity index (χ4v) is 0.478. The van der Waals surface area contributed by atoms with Crippen LogP contribution in [-0.2, 0) is 21.1 Å². The van der Waals surface area contributed by atoms with E-state index >= 15 is 0 Å². The topological polar surface area (TPSA) is 0 Å². The van der Waals surface area contributed by atoms with Gasteiger partial charge in [-0.1, -0.05) is 6.07 Å². The molecule has 0 saturated carbocycles. The van der Waals surface area contributed by atoms with E-state index in [2.05, 4.69) is 6.92 Å². The van der Waals surface area contributed by atoms with Crippen molar-refractivity contribution in [2.45, 2.75) is 0 Å². The second-order valence-electron chi connectivity index (χ2n) is 1.49. The number of rotatable bonds is 0. The van der Waals surface area contributed by atoms with Crippen molar-refractivity contribution in [3.05, 3.63) is 42.8 Å². The van der Waals surface area contributed by atoms with Gasteiger partial charge in [0.15, 0.2) is 0 Å². The molecule has 0 fully saturated rings. The Kier molecular flexibility index (Phi) is 3.64. The van der Waals surface area contributed by atoms with Gasteiger partial charge in [0.05, 0.1) is 0 Å². The molecule has 1 aromatic carbocycles. The van der Waals surface area contributed by atoms with Crippen LogP contribution in [0.1, 0.15) is 5.56 Å². The maximum Gasteiger partial charge on any atom is 0 e. The third-order valence-corrected chi connectivity index (χ3v) is 0.843. The van der Waals surface area contributed by atoms with Crippen molar-refractivity contribution in [3.63, 3.8) is 0 Å². The maximum absolute atomic E-state index is 3.72. The maximum atomic E-state index is 3.72. The molecule has 0 nitrogen and oxygen atoms in total. The predicted molar refractivity (Wildman–Crippen MR) is 30.9 cm³/mol. The summed E-state index contributed by atoms with van der Waals surface area (Å²) in [4.78, 5) is 0. The third-order valence-electron chi connectivity index (χ3n) is 0.843. The average molecular weight is 275 g/mol. The minimum Gasteiger partial charge on any atom is -0.199 e. The standard InChI is InChI=1S/C7H7.W/c1-7-5-3-2-4-6-7;/h2-6H,1H2;/q-1;. The molecule has 0 heterocycles. The number of benzene rings is 1. The van der Waals surface area contributed by atoms with E-state index in [1.807, 2.05) is 30.3 Å². The first kappa shape index (κ1) is 7.78. The summed E-state index contributed by atoms with van der Waals surface area (Å²) in [6.07, 6.45) is 0. The summed E-state index contributed by atoms with van der Waals surface area (Å²) < 4.78 is 0. The summed E-state index contributed by atoms with van der Waals surface area (Å²) >= 11 is 0. The molecule has 0 spiro atoms. The predicted octanol–water partition coefficient (Wildman–Crippen LogP) is 1.87. The van der Waals surface area contributed by atoms with Crippen LogP contribution in [0.2, 0.25) is 0 Å². The molecule has 0 aliphatic carbocycles. The average Bonchev–Trinajstić information content (AvgIpc) is 1.69. The van der Waals surface area contributed by atoms with Gasteiger partial charge in [0.2, 0.25) is 0 Å². The van der Waals surface area contributed by atoms with Crippen molar-refractivity contribution in [1.29, 1.82) is 0 Å². The molecule has 1 heteroatoms. The zero-order valence-electron chi connectivity index (χ0n) is 4.50. The Morgan fingerprint density at radius 3 is 1.75 bits per heavy atom. The molecule has 0 radical (unpaired) electrons. The molecule has 8 heavy (non-hydrogen) atoms. The molecule has 0 amide bonds. The molecular weight excluding hydrogens is 268 g/mol. The smallest absolute Gasteiger partial charge is 0 e. The van der Waals surface area contributed by atoms with Crippen LogP contribution < -0.4 is 0 Å². The summed E-state index contributed by atoms with van der Waals surface area (Å²) in [5, 5.41) is 0. The van der Waals surface area contributed by atoms with E-state index in [9.17, 15) is 0 Å². The van der Waals surface area contributed by atoms with Crippen LogP contribution in [0.4, 0.5) is 0 Å². The largest absolute Gasteiger partial charge is 0.199 e. The van der Waals surface area contributed by atoms with Crippen LogP contribution in [0, 0.1) is 6.92 Å². The molecule has 0 unspecified atom stereocenters. The van der Waals surface area contributed by atoms with Gasteiger partial charge in [-0.2, -0.15) is 24.6 Å². The summed E-state index contributed by atoms with van der Waals surface area (Å²) in [6.45, 7) is 3.72. The summed E-state index contributed by atoms with van der Waals surface area (Å²) in [6, 6.07) is 9.87. The van der Waals surface area contributed by atoms with Crippen molar-refractivity contribution in [2.75, 3.05) is 0 Å². The monoisotopic (exact) mass is 275 g/mol. The van der Waals surface area contributed by atoms with E-state index < -0.39 is 0 Å². The molecule has 0 aliphatic rings. The van der Waals surface area contributed by atoms with Crippen molar-refractivity contribution < 1.29 is 21.1 Å².